The third-order valence-corrected chi connectivity index (χ3v) is 2.19. The van der Waals surface area contributed by atoms with E-state index in [4.69, 9.17) is 11.6 Å². The van der Waals surface area contributed by atoms with E-state index in [9.17, 15) is 9.90 Å². The minimum Gasteiger partial charge on any atom is -0.493 e. The molecule has 0 spiro atoms. The van der Waals surface area contributed by atoms with E-state index in [1.165, 1.54) is 10.6 Å². The average Bonchev–Trinajstić information content (AvgIpc) is 2.01. The van der Waals surface area contributed by atoms with Crippen molar-refractivity contribution in [2.75, 3.05) is 0 Å². The minimum absolute atomic E-state index is 0.149. The van der Waals surface area contributed by atoms with Crippen LogP contribution in [0.1, 0.15) is 12.5 Å². The second-order valence-corrected chi connectivity index (χ2v) is 2.93. The van der Waals surface area contributed by atoms with Crippen molar-refractivity contribution < 1.29 is 5.11 Å². The van der Waals surface area contributed by atoms with E-state index in [0.29, 0.717) is 12.1 Å². The maximum Gasteiger partial charge on any atom is 0.253 e. The molecule has 0 radical (unpaired) electrons. The molecule has 3 nitrogen and oxygen atoms in total. The molecular formula is C8H10ClNO2. The van der Waals surface area contributed by atoms with Crippen LogP contribution in [-0.4, -0.2) is 9.67 Å². The highest BCUT2D eigenvalue weighted by Gasteiger charge is 2.08. The Bertz CT molecular complexity index is 357. The Morgan fingerprint density at radius 2 is 2.25 bits per heavy atom. The summed E-state index contributed by atoms with van der Waals surface area (Å²) in [6, 6.07) is 1.41. The standard InChI is InChI=1S/C8H10ClNO2/c1-3-10-6(11)4-5(2)7(9)8(10)12/h4,12H,3H2,1-2H3. The lowest BCUT2D eigenvalue weighted by molar-refractivity contribution is 0.411. The molecule has 0 aliphatic rings. The van der Waals surface area contributed by atoms with Crippen LogP contribution >= 0.6 is 11.6 Å². The van der Waals surface area contributed by atoms with E-state index >= 15 is 0 Å². The first-order valence-electron chi connectivity index (χ1n) is 3.66. The number of hydrogen-bond donors (Lipinski definition) is 1. The van der Waals surface area contributed by atoms with Crippen LogP contribution in [0.5, 0.6) is 5.88 Å². The first-order valence-corrected chi connectivity index (χ1v) is 4.04. The number of aryl methyl sites for hydroxylation is 1. The highest BCUT2D eigenvalue weighted by molar-refractivity contribution is 6.32. The summed E-state index contributed by atoms with van der Waals surface area (Å²) in [5.74, 6) is -0.149. The Hall–Kier alpha value is -0.960. The first kappa shape index (κ1) is 9.13. The molecule has 1 rings (SSSR count). The Labute approximate surface area is 75.2 Å². The molecule has 1 N–H and O–H groups in total. The maximum atomic E-state index is 11.2. The molecule has 0 saturated carbocycles. The fourth-order valence-electron chi connectivity index (χ4n) is 1.03. The fraction of sp³-hybridized carbons (Fsp3) is 0.375. The first-order chi connectivity index (χ1) is 5.57. The lowest BCUT2D eigenvalue weighted by Crippen LogP contribution is -2.18. The van der Waals surface area contributed by atoms with Gasteiger partial charge in [0.15, 0.2) is 0 Å². The summed E-state index contributed by atoms with van der Waals surface area (Å²) in [4.78, 5) is 11.2. The molecule has 0 aromatic carbocycles. The van der Waals surface area contributed by atoms with Crippen LogP contribution in [0.15, 0.2) is 10.9 Å². The van der Waals surface area contributed by atoms with Gasteiger partial charge in [-0.2, -0.15) is 0 Å². The predicted octanol–water partition coefficient (Wildman–Crippen LogP) is 1.54. The van der Waals surface area contributed by atoms with Crippen molar-refractivity contribution in [1.82, 2.24) is 4.57 Å². The smallest absolute Gasteiger partial charge is 0.253 e. The Kier molecular flexibility index (Phi) is 2.43. The zero-order valence-corrected chi connectivity index (χ0v) is 7.72. The third-order valence-electron chi connectivity index (χ3n) is 1.72. The molecule has 66 valence electrons. The van der Waals surface area contributed by atoms with Crippen molar-refractivity contribution >= 4 is 11.6 Å². The van der Waals surface area contributed by atoms with Gasteiger partial charge in [0.05, 0.1) is 0 Å². The largest absolute Gasteiger partial charge is 0.493 e. The van der Waals surface area contributed by atoms with Gasteiger partial charge in [-0.15, -0.1) is 0 Å². The van der Waals surface area contributed by atoms with Crippen LogP contribution in [0.3, 0.4) is 0 Å². The number of hydrogen-bond acceptors (Lipinski definition) is 2. The van der Waals surface area contributed by atoms with Crippen molar-refractivity contribution in [2.24, 2.45) is 0 Å². The van der Waals surface area contributed by atoms with E-state index < -0.39 is 0 Å². The summed E-state index contributed by atoms with van der Waals surface area (Å²) in [6.45, 7) is 3.88. The van der Waals surface area contributed by atoms with E-state index in [2.05, 4.69) is 0 Å². The highest BCUT2D eigenvalue weighted by atomic mass is 35.5. The molecule has 12 heavy (non-hydrogen) atoms. The van der Waals surface area contributed by atoms with Gasteiger partial charge in [0.1, 0.15) is 5.02 Å². The van der Waals surface area contributed by atoms with E-state index in [-0.39, 0.29) is 16.5 Å². The molecule has 0 atom stereocenters. The monoisotopic (exact) mass is 187 g/mol. The van der Waals surface area contributed by atoms with Crippen LogP contribution < -0.4 is 5.56 Å². The number of aromatic nitrogens is 1. The van der Waals surface area contributed by atoms with Crippen molar-refractivity contribution in [2.45, 2.75) is 20.4 Å². The summed E-state index contributed by atoms with van der Waals surface area (Å²) in [6.07, 6.45) is 0. The number of halogens is 1. The van der Waals surface area contributed by atoms with Crippen molar-refractivity contribution in [3.63, 3.8) is 0 Å². The van der Waals surface area contributed by atoms with Crippen LogP contribution in [0, 0.1) is 6.92 Å². The SMILES string of the molecule is CCn1c(O)c(Cl)c(C)cc1=O. The third kappa shape index (κ3) is 1.32. The lowest BCUT2D eigenvalue weighted by atomic mass is 10.3. The molecule has 0 saturated heterocycles. The molecular weight excluding hydrogens is 178 g/mol. The Morgan fingerprint density at radius 3 is 2.75 bits per heavy atom. The molecule has 0 aliphatic carbocycles. The van der Waals surface area contributed by atoms with Gasteiger partial charge in [-0.3, -0.25) is 9.36 Å². The average molecular weight is 188 g/mol. The Morgan fingerprint density at radius 1 is 1.67 bits per heavy atom. The second-order valence-electron chi connectivity index (χ2n) is 2.55. The summed E-state index contributed by atoms with van der Waals surface area (Å²) in [5.41, 5.74) is 0.376. The quantitative estimate of drug-likeness (QED) is 0.725. The fourth-order valence-corrected chi connectivity index (χ4v) is 1.19. The zero-order valence-electron chi connectivity index (χ0n) is 6.97. The van der Waals surface area contributed by atoms with Gasteiger partial charge in [-0.25, -0.2) is 0 Å². The second kappa shape index (κ2) is 3.19. The highest BCUT2D eigenvalue weighted by Crippen LogP contribution is 2.23. The summed E-state index contributed by atoms with van der Waals surface area (Å²) >= 11 is 5.72. The topological polar surface area (TPSA) is 42.2 Å². The number of rotatable bonds is 1. The Balaban J connectivity index is 3.52. The number of aromatic hydroxyl groups is 1. The van der Waals surface area contributed by atoms with Crippen molar-refractivity contribution in [3.8, 4) is 5.88 Å². The molecule has 0 amide bonds. The molecule has 0 fully saturated rings. The van der Waals surface area contributed by atoms with Crippen LogP contribution in [-0.2, 0) is 6.54 Å². The predicted molar refractivity (Wildman–Crippen MR) is 47.8 cm³/mol. The van der Waals surface area contributed by atoms with E-state index in [1.807, 2.05) is 0 Å². The molecule has 1 aromatic rings. The van der Waals surface area contributed by atoms with E-state index in [0.717, 1.165) is 0 Å². The van der Waals surface area contributed by atoms with Gasteiger partial charge in [0.25, 0.3) is 5.56 Å². The summed E-state index contributed by atoms with van der Waals surface area (Å²) in [5, 5.41) is 9.64. The summed E-state index contributed by atoms with van der Waals surface area (Å²) in [7, 11) is 0. The van der Waals surface area contributed by atoms with Gasteiger partial charge >= 0.3 is 0 Å². The molecule has 0 bridgehead atoms. The maximum absolute atomic E-state index is 11.2. The lowest BCUT2D eigenvalue weighted by Gasteiger charge is -2.07. The van der Waals surface area contributed by atoms with Crippen LogP contribution in [0.2, 0.25) is 5.02 Å². The molecule has 1 heterocycles. The van der Waals surface area contributed by atoms with Crippen molar-refractivity contribution in [1.29, 1.82) is 0 Å². The minimum atomic E-state index is -0.225. The van der Waals surface area contributed by atoms with Gasteiger partial charge in [0, 0.05) is 12.6 Å². The molecule has 1 aromatic heterocycles. The van der Waals surface area contributed by atoms with Crippen LogP contribution in [0.25, 0.3) is 0 Å². The normalized spacial score (nSPS) is 10.2. The van der Waals surface area contributed by atoms with E-state index in [1.54, 1.807) is 13.8 Å². The molecule has 0 aliphatic heterocycles. The number of nitrogens with zero attached hydrogens (tertiary/aromatic N) is 1. The number of pyridine rings is 1. The summed E-state index contributed by atoms with van der Waals surface area (Å²) < 4.78 is 1.22. The van der Waals surface area contributed by atoms with Gasteiger partial charge in [-0.05, 0) is 19.4 Å². The van der Waals surface area contributed by atoms with Crippen molar-refractivity contribution in [3.05, 3.63) is 27.0 Å². The zero-order chi connectivity index (χ0) is 9.30. The van der Waals surface area contributed by atoms with Gasteiger partial charge in [-0.1, -0.05) is 11.6 Å². The van der Waals surface area contributed by atoms with Gasteiger partial charge in [0.2, 0.25) is 5.88 Å². The van der Waals surface area contributed by atoms with Gasteiger partial charge < -0.3 is 5.11 Å². The van der Waals surface area contributed by atoms with Crippen LogP contribution in [0.4, 0.5) is 0 Å². The molecule has 4 heteroatoms. The molecule has 0 unspecified atom stereocenters.